The van der Waals surface area contributed by atoms with Gasteiger partial charge in [-0.05, 0) is 37.1 Å². The number of carbonyl (C=O) groups excluding carboxylic acids is 1. The van der Waals surface area contributed by atoms with E-state index in [4.69, 9.17) is 4.74 Å². The van der Waals surface area contributed by atoms with E-state index in [0.717, 1.165) is 42.3 Å². The van der Waals surface area contributed by atoms with Crippen LogP contribution < -0.4 is 5.32 Å². The molecule has 3 rings (SSSR count). The van der Waals surface area contributed by atoms with E-state index in [1.165, 1.54) is 12.1 Å². The van der Waals surface area contributed by atoms with Crippen molar-refractivity contribution < 1.29 is 13.9 Å². The Hall–Kier alpha value is -1.99. The van der Waals surface area contributed by atoms with E-state index in [1.807, 2.05) is 10.3 Å². The summed E-state index contributed by atoms with van der Waals surface area (Å²) in [5.41, 5.74) is 1.75. The summed E-state index contributed by atoms with van der Waals surface area (Å²) in [6.45, 7) is 2.00. The highest BCUT2D eigenvalue weighted by atomic mass is 32.1. The largest absolute Gasteiger partial charge is 0.384 e. The van der Waals surface area contributed by atoms with Crippen LogP contribution in [0.2, 0.25) is 0 Å². The minimum absolute atomic E-state index is 0.160. The molecule has 2 aromatic rings. The van der Waals surface area contributed by atoms with E-state index < -0.39 is 0 Å². The van der Waals surface area contributed by atoms with Crippen LogP contribution in [0.15, 0.2) is 29.6 Å². The number of nitrogens with zero attached hydrogens (tertiary/aromatic N) is 2. The van der Waals surface area contributed by atoms with Crippen molar-refractivity contribution in [2.45, 2.75) is 25.3 Å². The molecular weight excluding hydrogens is 341 g/mol. The Morgan fingerprint density at radius 2 is 2.08 bits per heavy atom. The Morgan fingerprint density at radius 1 is 1.36 bits per heavy atom. The van der Waals surface area contributed by atoms with E-state index in [0.29, 0.717) is 19.1 Å². The van der Waals surface area contributed by atoms with Crippen LogP contribution in [0.3, 0.4) is 0 Å². The van der Waals surface area contributed by atoms with Crippen LogP contribution in [0.4, 0.5) is 9.52 Å². The monoisotopic (exact) mass is 363 g/mol. The number of anilines is 1. The molecule has 0 aliphatic carbocycles. The first-order valence-electron chi connectivity index (χ1n) is 8.40. The van der Waals surface area contributed by atoms with Crippen molar-refractivity contribution in [3.8, 4) is 11.3 Å². The number of thiazole rings is 1. The zero-order chi connectivity index (χ0) is 17.6. The minimum Gasteiger partial charge on any atom is -0.384 e. The number of likely N-dealkylation sites (tertiary alicyclic amines) is 1. The third kappa shape index (κ3) is 4.76. The molecule has 25 heavy (non-hydrogen) atoms. The molecule has 0 spiro atoms. The topological polar surface area (TPSA) is 54.5 Å². The maximum Gasteiger partial charge on any atom is 0.224 e. The molecule has 5 nitrogen and oxygen atoms in total. The van der Waals surface area contributed by atoms with Crippen LogP contribution >= 0.6 is 11.3 Å². The summed E-state index contributed by atoms with van der Waals surface area (Å²) in [5, 5.41) is 6.29. The number of hydrogen-bond donors (Lipinski definition) is 1. The minimum atomic E-state index is -0.246. The first-order valence-corrected chi connectivity index (χ1v) is 9.28. The Labute approximate surface area is 150 Å². The number of carbonyl (C=O) groups is 1. The van der Waals surface area contributed by atoms with Crippen LogP contribution in [0.5, 0.6) is 0 Å². The maximum atomic E-state index is 13.0. The molecule has 1 fully saturated rings. The fourth-order valence-electron chi connectivity index (χ4n) is 2.89. The molecule has 0 atom stereocenters. The summed E-state index contributed by atoms with van der Waals surface area (Å²) in [6, 6.07) is 6.67. The lowest BCUT2D eigenvalue weighted by Gasteiger charge is -2.32. The highest BCUT2D eigenvalue weighted by Crippen LogP contribution is 2.26. The van der Waals surface area contributed by atoms with Crippen molar-refractivity contribution in [1.29, 1.82) is 0 Å². The van der Waals surface area contributed by atoms with Gasteiger partial charge in [-0.15, -0.1) is 11.3 Å². The summed E-state index contributed by atoms with van der Waals surface area (Å²) in [4.78, 5) is 18.5. The fourth-order valence-corrected chi connectivity index (χ4v) is 3.69. The predicted molar refractivity (Wildman–Crippen MR) is 97.2 cm³/mol. The summed E-state index contributed by atoms with van der Waals surface area (Å²) < 4.78 is 18.0. The Morgan fingerprint density at radius 3 is 2.76 bits per heavy atom. The standard InChI is InChI=1S/C18H22FN3O2S/c1-24-11-8-17(23)22-9-6-15(7-10-22)20-18-21-16(12-25-18)13-2-4-14(19)5-3-13/h2-5,12,15H,6-11H2,1H3,(H,20,21). The number of nitrogens with one attached hydrogen (secondary N) is 1. The molecule has 1 aliphatic rings. The fraction of sp³-hybridized carbons (Fsp3) is 0.444. The summed E-state index contributed by atoms with van der Waals surface area (Å²) in [5.74, 6) is -0.0859. The van der Waals surface area contributed by atoms with Crippen molar-refractivity contribution in [2.75, 3.05) is 32.1 Å². The van der Waals surface area contributed by atoms with Gasteiger partial charge in [0, 0.05) is 37.2 Å². The molecule has 1 aromatic carbocycles. The number of hydrogen-bond acceptors (Lipinski definition) is 5. The van der Waals surface area contributed by atoms with Gasteiger partial charge in [0.2, 0.25) is 5.91 Å². The maximum absolute atomic E-state index is 13.0. The molecule has 0 saturated carbocycles. The lowest BCUT2D eigenvalue weighted by molar-refractivity contribution is -0.133. The summed E-state index contributed by atoms with van der Waals surface area (Å²) in [7, 11) is 1.61. The van der Waals surface area contributed by atoms with Gasteiger partial charge in [0.1, 0.15) is 5.82 Å². The van der Waals surface area contributed by atoms with Crippen LogP contribution in [-0.4, -0.2) is 48.6 Å². The number of methoxy groups -OCH3 is 1. The number of aromatic nitrogens is 1. The molecule has 1 aliphatic heterocycles. The van der Waals surface area contributed by atoms with Crippen LogP contribution in [-0.2, 0) is 9.53 Å². The first-order chi connectivity index (χ1) is 12.2. The van der Waals surface area contributed by atoms with Gasteiger partial charge in [-0.25, -0.2) is 9.37 Å². The zero-order valence-corrected chi connectivity index (χ0v) is 15.0. The van der Waals surface area contributed by atoms with Gasteiger partial charge in [0.25, 0.3) is 0 Å². The molecule has 0 radical (unpaired) electrons. The second-order valence-electron chi connectivity index (χ2n) is 6.09. The van der Waals surface area contributed by atoms with Gasteiger partial charge in [0.15, 0.2) is 5.13 Å². The lowest BCUT2D eigenvalue weighted by atomic mass is 10.1. The van der Waals surface area contributed by atoms with E-state index in [-0.39, 0.29) is 11.7 Å². The number of halogens is 1. The quantitative estimate of drug-likeness (QED) is 0.855. The van der Waals surface area contributed by atoms with Gasteiger partial charge < -0.3 is 15.0 Å². The molecule has 2 heterocycles. The van der Waals surface area contributed by atoms with Gasteiger partial charge in [-0.3, -0.25) is 4.79 Å². The highest BCUT2D eigenvalue weighted by molar-refractivity contribution is 7.14. The van der Waals surface area contributed by atoms with Crippen molar-refractivity contribution in [2.24, 2.45) is 0 Å². The normalized spacial score (nSPS) is 15.4. The molecular formula is C18H22FN3O2S. The third-order valence-corrected chi connectivity index (χ3v) is 5.11. The summed E-state index contributed by atoms with van der Waals surface area (Å²) in [6.07, 6.45) is 2.26. The average molecular weight is 363 g/mol. The van der Waals surface area contributed by atoms with E-state index in [1.54, 1.807) is 30.6 Å². The second-order valence-corrected chi connectivity index (χ2v) is 6.95. The summed E-state index contributed by atoms with van der Waals surface area (Å²) >= 11 is 1.55. The zero-order valence-electron chi connectivity index (χ0n) is 14.2. The Balaban J connectivity index is 1.51. The van der Waals surface area contributed by atoms with Gasteiger partial charge in [0.05, 0.1) is 18.7 Å². The molecule has 1 saturated heterocycles. The van der Waals surface area contributed by atoms with E-state index >= 15 is 0 Å². The number of rotatable bonds is 6. The van der Waals surface area contributed by atoms with E-state index in [2.05, 4.69) is 10.3 Å². The molecule has 1 N–H and O–H groups in total. The van der Waals surface area contributed by atoms with Crippen LogP contribution in [0, 0.1) is 5.82 Å². The third-order valence-electron chi connectivity index (χ3n) is 4.34. The molecule has 1 aromatic heterocycles. The molecule has 134 valence electrons. The van der Waals surface area contributed by atoms with Crippen LogP contribution in [0.1, 0.15) is 19.3 Å². The van der Waals surface area contributed by atoms with Gasteiger partial charge in [-0.2, -0.15) is 0 Å². The molecule has 0 unspecified atom stereocenters. The number of benzene rings is 1. The molecule has 7 heteroatoms. The number of piperidine rings is 1. The lowest BCUT2D eigenvalue weighted by Crippen LogP contribution is -2.42. The highest BCUT2D eigenvalue weighted by Gasteiger charge is 2.23. The number of amides is 1. The van der Waals surface area contributed by atoms with Crippen molar-refractivity contribution in [3.05, 3.63) is 35.5 Å². The van der Waals surface area contributed by atoms with Crippen molar-refractivity contribution >= 4 is 22.4 Å². The molecule has 1 amide bonds. The van der Waals surface area contributed by atoms with Crippen LogP contribution in [0.25, 0.3) is 11.3 Å². The van der Waals surface area contributed by atoms with E-state index in [9.17, 15) is 9.18 Å². The van der Waals surface area contributed by atoms with Crippen molar-refractivity contribution in [3.63, 3.8) is 0 Å². The van der Waals surface area contributed by atoms with Gasteiger partial charge >= 0.3 is 0 Å². The number of ether oxygens (including phenoxy) is 1. The van der Waals surface area contributed by atoms with Gasteiger partial charge in [-0.1, -0.05) is 0 Å². The smallest absolute Gasteiger partial charge is 0.224 e. The predicted octanol–water partition coefficient (Wildman–Crippen LogP) is 3.39. The SMILES string of the molecule is COCCC(=O)N1CCC(Nc2nc(-c3ccc(F)cc3)cs2)CC1. The second kappa shape index (κ2) is 8.40. The average Bonchev–Trinajstić information content (AvgIpc) is 3.09. The molecule has 0 bridgehead atoms. The Bertz CT molecular complexity index is 697. The Kier molecular flexibility index (Phi) is 5.99. The first kappa shape index (κ1) is 17.8. The van der Waals surface area contributed by atoms with Crippen molar-refractivity contribution in [1.82, 2.24) is 9.88 Å².